The second-order valence-electron chi connectivity index (χ2n) is 2.24. The Morgan fingerprint density at radius 3 is 3.00 bits per heavy atom. The minimum absolute atomic E-state index is 0.0258. The van der Waals surface area contributed by atoms with Crippen LogP contribution in [0.3, 0.4) is 0 Å². The maximum Gasteiger partial charge on any atom is 0.239 e. The molecule has 0 atom stereocenters. The summed E-state index contributed by atoms with van der Waals surface area (Å²) in [4.78, 5) is 9.83. The zero-order chi connectivity index (χ0) is 8.81. The predicted molar refractivity (Wildman–Crippen MR) is 43.6 cm³/mol. The quantitative estimate of drug-likeness (QED) is 0.713. The molecule has 12 heavy (non-hydrogen) atoms. The van der Waals surface area contributed by atoms with Gasteiger partial charge >= 0.3 is 0 Å². The summed E-state index contributed by atoms with van der Waals surface area (Å²) in [6, 6.07) is 6.93. The van der Waals surface area contributed by atoms with E-state index in [2.05, 4.69) is 0 Å². The summed E-state index contributed by atoms with van der Waals surface area (Å²) in [7, 11) is 0. The van der Waals surface area contributed by atoms with Crippen LogP contribution >= 0.6 is 0 Å². The summed E-state index contributed by atoms with van der Waals surface area (Å²) in [5, 5.41) is 8.75. The van der Waals surface area contributed by atoms with Crippen molar-refractivity contribution in [2.45, 2.75) is 6.61 Å². The van der Waals surface area contributed by atoms with Crippen LogP contribution in [0.25, 0.3) is 0 Å². The van der Waals surface area contributed by atoms with E-state index in [-0.39, 0.29) is 13.2 Å². The predicted octanol–water partition coefficient (Wildman–Crippen LogP) is 0.667. The number of aliphatic hydroxyl groups is 1. The fourth-order valence-electron chi connectivity index (χ4n) is 0.846. The summed E-state index contributed by atoms with van der Waals surface area (Å²) in [6.45, 7) is -0.100. The van der Waals surface area contributed by atoms with E-state index in [4.69, 9.17) is 9.84 Å². The molecule has 1 aromatic carbocycles. The van der Waals surface area contributed by atoms with Crippen molar-refractivity contribution in [3.63, 3.8) is 0 Å². The first-order valence-corrected chi connectivity index (χ1v) is 3.54. The van der Waals surface area contributed by atoms with Crippen LogP contribution in [0.2, 0.25) is 0 Å². The van der Waals surface area contributed by atoms with Gasteiger partial charge in [0.05, 0.1) is 6.61 Å². The van der Waals surface area contributed by atoms with Crippen molar-refractivity contribution in [3.05, 3.63) is 29.8 Å². The lowest BCUT2D eigenvalue weighted by Gasteiger charge is -2.02. The molecular weight excluding hydrogens is 156 g/mol. The molecule has 0 spiro atoms. The van der Waals surface area contributed by atoms with Crippen LogP contribution in [0.1, 0.15) is 5.56 Å². The molecule has 0 heterocycles. The van der Waals surface area contributed by atoms with E-state index in [1.54, 1.807) is 30.6 Å². The summed E-state index contributed by atoms with van der Waals surface area (Å²) >= 11 is 0. The number of benzene rings is 1. The Kier molecular flexibility index (Phi) is 3.29. The molecule has 63 valence electrons. The minimum Gasteiger partial charge on any atom is -0.485 e. The fraction of sp³-hybridized carbons (Fsp3) is 0.222. The standard InChI is InChI=1S/C9H9O3/c10-4-5-12-9-3-1-2-8(6-9)7-11/h1-3,6,11H,5,7H2. The highest BCUT2D eigenvalue weighted by Crippen LogP contribution is 2.12. The van der Waals surface area contributed by atoms with E-state index in [9.17, 15) is 4.79 Å². The van der Waals surface area contributed by atoms with Crippen LogP contribution in [-0.2, 0) is 11.4 Å². The molecule has 3 nitrogen and oxygen atoms in total. The van der Waals surface area contributed by atoms with Gasteiger partial charge in [-0.1, -0.05) is 12.1 Å². The van der Waals surface area contributed by atoms with Gasteiger partial charge in [-0.3, -0.25) is 4.79 Å². The van der Waals surface area contributed by atoms with Gasteiger partial charge in [-0.05, 0) is 17.7 Å². The average Bonchev–Trinajstić information content (AvgIpc) is 2.15. The number of aliphatic hydroxyl groups excluding tert-OH is 1. The van der Waals surface area contributed by atoms with Crippen molar-refractivity contribution in [1.82, 2.24) is 0 Å². The zero-order valence-corrected chi connectivity index (χ0v) is 6.49. The van der Waals surface area contributed by atoms with Gasteiger partial charge in [0.1, 0.15) is 5.75 Å². The third kappa shape index (κ3) is 2.36. The average molecular weight is 165 g/mol. The Bertz CT molecular complexity index is 258. The molecular formula is C9H9O3. The second kappa shape index (κ2) is 4.51. The van der Waals surface area contributed by atoms with Crippen LogP contribution in [0, 0.1) is 0 Å². The number of ether oxygens (including phenoxy) is 1. The SMILES string of the molecule is O=[C]COc1cccc(CO)c1. The molecule has 1 rings (SSSR count). The molecule has 0 aliphatic carbocycles. The molecule has 0 aliphatic rings. The molecule has 0 saturated carbocycles. The van der Waals surface area contributed by atoms with Crippen molar-refractivity contribution in [1.29, 1.82) is 0 Å². The van der Waals surface area contributed by atoms with Crippen LogP contribution in [-0.4, -0.2) is 18.0 Å². The second-order valence-corrected chi connectivity index (χ2v) is 2.24. The van der Waals surface area contributed by atoms with Gasteiger partial charge in [0.25, 0.3) is 0 Å². The Hall–Kier alpha value is -1.35. The maximum absolute atomic E-state index is 9.83. The van der Waals surface area contributed by atoms with Gasteiger partial charge in [-0.2, -0.15) is 0 Å². The third-order valence-electron chi connectivity index (χ3n) is 1.38. The number of hydrogen-bond acceptors (Lipinski definition) is 3. The Labute approximate surface area is 70.6 Å². The first-order chi connectivity index (χ1) is 5.86. The largest absolute Gasteiger partial charge is 0.485 e. The van der Waals surface area contributed by atoms with Crippen molar-refractivity contribution >= 4 is 6.29 Å². The number of rotatable bonds is 4. The smallest absolute Gasteiger partial charge is 0.239 e. The molecule has 0 saturated heterocycles. The highest BCUT2D eigenvalue weighted by atomic mass is 16.5. The lowest BCUT2D eigenvalue weighted by molar-refractivity contribution is 0.280. The Morgan fingerprint density at radius 1 is 1.50 bits per heavy atom. The molecule has 0 amide bonds. The van der Waals surface area contributed by atoms with Crippen molar-refractivity contribution < 1.29 is 14.6 Å². The normalized spacial score (nSPS) is 9.42. The van der Waals surface area contributed by atoms with E-state index in [1.807, 2.05) is 0 Å². The maximum atomic E-state index is 9.83. The minimum atomic E-state index is -0.0745. The van der Waals surface area contributed by atoms with E-state index in [0.717, 1.165) is 5.56 Å². The summed E-state index contributed by atoms with van der Waals surface area (Å²) < 4.78 is 4.96. The van der Waals surface area contributed by atoms with Gasteiger partial charge in [0, 0.05) is 0 Å². The van der Waals surface area contributed by atoms with Crippen LogP contribution in [0.4, 0.5) is 0 Å². The van der Waals surface area contributed by atoms with Crippen LogP contribution < -0.4 is 4.74 Å². The van der Waals surface area contributed by atoms with Crippen LogP contribution in [0.15, 0.2) is 24.3 Å². The number of hydrogen-bond donors (Lipinski definition) is 1. The fourth-order valence-corrected chi connectivity index (χ4v) is 0.846. The molecule has 0 fully saturated rings. The highest BCUT2D eigenvalue weighted by molar-refractivity contribution is 5.52. The number of carbonyl (C=O) groups excluding carboxylic acids is 1. The molecule has 1 N–H and O–H groups in total. The Balaban J connectivity index is 2.65. The molecule has 0 aromatic heterocycles. The first-order valence-electron chi connectivity index (χ1n) is 3.54. The lowest BCUT2D eigenvalue weighted by Crippen LogP contribution is -1.97. The van der Waals surface area contributed by atoms with Crippen molar-refractivity contribution in [2.75, 3.05) is 6.61 Å². The molecule has 1 radical (unpaired) electrons. The van der Waals surface area contributed by atoms with E-state index >= 15 is 0 Å². The molecule has 0 aliphatic heterocycles. The van der Waals surface area contributed by atoms with E-state index in [1.165, 1.54) is 0 Å². The van der Waals surface area contributed by atoms with Crippen molar-refractivity contribution in [2.24, 2.45) is 0 Å². The van der Waals surface area contributed by atoms with E-state index in [0.29, 0.717) is 5.75 Å². The van der Waals surface area contributed by atoms with Gasteiger partial charge in [0.2, 0.25) is 6.29 Å². The lowest BCUT2D eigenvalue weighted by atomic mass is 10.2. The van der Waals surface area contributed by atoms with Gasteiger partial charge in [-0.25, -0.2) is 0 Å². The van der Waals surface area contributed by atoms with Crippen molar-refractivity contribution in [3.8, 4) is 5.75 Å². The van der Waals surface area contributed by atoms with Gasteiger partial charge in [-0.15, -0.1) is 0 Å². The molecule has 0 unspecified atom stereocenters. The van der Waals surface area contributed by atoms with E-state index < -0.39 is 0 Å². The molecule has 0 bridgehead atoms. The highest BCUT2D eigenvalue weighted by Gasteiger charge is 1.94. The molecule has 1 aromatic rings. The topological polar surface area (TPSA) is 46.5 Å². The summed E-state index contributed by atoms with van der Waals surface area (Å²) in [6.07, 6.45) is 1.62. The molecule has 3 heteroatoms. The monoisotopic (exact) mass is 165 g/mol. The zero-order valence-electron chi connectivity index (χ0n) is 6.49. The first kappa shape index (κ1) is 8.74. The van der Waals surface area contributed by atoms with Crippen LogP contribution in [0.5, 0.6) is 5.75 Å². The van der Waals surface area contributed by atoms with Gasteiger partial charge in [0.15, 0.2) is 6.61 Å². The third-order valence-corrected chi connectivity index (χ3v) is 1.38. The Morgan fingerprint density at radius 2 is 2.33 bits per heavy atom. The summed E-state index contributed by atoms with van der Waals surface area (Å²) in [5.41, 5.74) is 0.762. The van der Waals surface area contributed by atoms with Gasteiger partial charge < -0.3 is 9.84 Å². The summed E-state index contributed by atoms with van der Waals surface area (Å²) in [5.74, 6) is 0.574.